The number of hydrogen-bond donors (Lipinski definition) is 3. The summed E-state index contributed by atoms with van der Waals surface area (Å²) in [5.41, 5.74) is 3.40. The van der Waals surface area contributed by atoms with Gasteiger partial charge in [0, 0.05) is 34.6 Å². The largest absolute Gasteiger partial charge is 0.612 e. The number of benzene rings is 1. The molecule has 2 aromatic heterocycles. The van der Waals surface area contributed by atoms with E-state index in [2.05, 4.69) is 26.1 Å². The average molecular weight is 553 g/mol. The topological polar surface area (TPSA) is 124 Å². The summed E-state index contributed by atoms with van der Waals surface area (Å²) in [7, 11) is 0. The number of thiophene rings is 1. The fourth-order valence-corrected chi connectivity index (χ4v) is 7.17. The number of aromatic nitrogens is 3. The molecule has 2 fully saturated rings. The highest BCUT2D eigenvalue weighted by Crippen LogP contribution is 2.43. The Hall–Kier alpha value is -2.89. The molecule has 1 unspecified atom stereocenters. The van der Waals surface area contributed by atoms with E-state index in [1.165, 1.54) is 4.88 Å². The van der Waals surface area contributed by atoms with Crippen molar-refractivity contribution in [3.63, 3.8) is 0 Å². The Morgan fingerprint density at radius 2 is 2.03 bits per heavy atom. The summed E-state index contributed by atoms with van der Waals surface area (Å²) in [4.78, 5) is 28.0. The molecule has 200 valence electrons. The molecule has 2 atom stereocenters. The van der Waals surface area contributed by atoms with E-state index in [1.807, 2.05) is 29.7 Å². The number of carbonyl (C=O) groups excluding carboxylic acids is 2. The Balaban J connectivity index is 1.27. The normalized spacial score (nSPS) is 19.5. The number of aryl methyl sites for hydroxylation is 1. The van der Waals surface area contributed by atoms with E-state index in [1.54, 1.807) is 23.9 Å². The standard InChI is InChI=1S/C27H32N6O3S2/c1-15-20(4-3-5-22(15)38(2)36)30-27-32-29-14-33(27)18-10-11-21-19(12-18)23(25(35)28-13-16-6-7-16)26(37-21)31-24(34)17-8-9-17/h3-5,14,16-18H,6-13H2,1-2H3,(H,28,35)(H,30,32)(H,31,34)/t18-,38?/m0/s1. The van der Waals surface area contributed by atoms with Crippen molar-refractivity contribution in [1.82, 2.24) is 20.1 Å². The van der Waals surface area contributed by atoms with E-state index in [0.717, 1.165) is 60.2 Å². The fraction of sp³-hybridized carbons (Fsp3) is 0.481. The summed E-state index contributed by atoms with van der Waals surface area (Å²) >= 11 is 0.455. The molecule has 2 amide bonds. The van der Waals surface area contributed by atoms with Gasteiger partial charge >= 0.3 is 0 Å². The van der Waals surface area contributed by atoms with Gasteiger partial charge in [-0.25, -0.2) is 0 Å². The molecular formula is C27H32N6O3S2. The van der Waals surface area contributed by atoms with Gasteiger partial charge in [0.15, 0.2) is 4.90 Å². The summed E-state index contributed by atoms with van der Waals surface area (Å²) in [6.45, 7) is 2.63. The zero-order valence-electron chi connectivity index (χ0n) is 21.6. The van der Waals surface area contributed by atoms with Gasteiger partial charge in [0.05, 0.1) is 5.56 Å². The number of amides is 2. The first kappa shape index (κ1) is 25.4. The first-order valence-electron chi connectivity index (χ1n) is 13.2. The van der Waals surface area contributed by atoms with Crippen molar-refractivity contribution in [2.24, 2.45) is 11.8 Å². The molecule has 3 aliphatic carbocycles. The molecule has 2 heterocycles. The van der Waals surface area contributed by atoms with Gasteiger partial charge in [0.2, 0.25) is 11.9 Å². The van der Waals surface area contributed by atoms with Crippen LogP contribution in [0.2, 0.25) is 0 Å². The van der Waals surface area contributed by atoms with Gasteiger partial charge in [0.25, 0.3) is 5.91 Å². The second-order valence-electron chi connectivity index (χ2n) is 10.6. The maximum atomic E-state index is 13.4. The van der Waals surface area contributed by atoms with Crippen LogP contribution < -0.4 is 16.0 Å². The van der Waals surface area contributed by atoms with Gasteiger partial charge in [-0.05, 0) is 86.7 Å². The van der Waals surface area contributed by atoms with Gasteiger partial charge in [-0.1, -0.05) is 6.07 Å². The van der Waals surface area contributed by atoms with Crippen molar-refractivity contribution >= 4 is 51.0 Å². The Kier molecular flexibility index (Phi) is 6.92. The minimum Gasteiger partial charge on any atom is -0.612 e. The smallest absolute Gasteiger partial charge is 0.254 e. The minimum absolute atomic E-state index is 0.0206. The Bertz CT molecular complexity index is 1380. The summed E-state index contributed by atoms with van der Waals surface area (Å²) in [6.07, 6.45) is 9.90. The first-order chi connectivity index (χ1) is 18.4. The SMILES string of the molecule is Cc1c(Nc2nncn2[C@H]2CCc3sc(NC(=O)C4CC4)c(C(=O)NCC4CC4)c3C2)cccc1[S+](C)[O-]. The van der Waals surface area contributed by atoms with E-state index in [9.17, 15) is 14.1 Å². The molecule has 6 rings (SSSR count). The van der Waals surface area contributed by atoms with Crippen LogP contribution in [0.25, 0.3) is 0 Å². The number of rotatable bonds is 9. The molecule has 0 radical (unpaired) electrons. The van der Waals surface area contributed by atoms with Crippen LogP contribution in [0.5, 0.6) is 0 Å². The Morgan fingerprint density at radius 3 is 2.76 bits per heavy atom. The highest BCUT2D eigenvalue weighted by Gasteiger charge is 2.35. The number of nitrogens with zero attached hydrogens (tertiary/aromatic N) is 3. The van der Waals surface area contributed by atoms with Crippen molar-refractivity contribution < 1.29 is 14.1 Å². The van der Waals surface area contributed by atoms with Crippen molar-refractivity contribution in [2.45, 2.75) is 62.8 Å². The van der Waals surface area contributed by atoms with Crippen LogP contribution in [0.15, 0.2) is 29.4 Å². The van der Waals surface area contributed by atoms with Crippen LogP contribution in [0.4, 0.5) is 16.6 Å². The van der Waals surface area contributed by atoms with E-state index in [0.29, 0.717) is 35.4 Å². The van der Waals surface area contributed by atoms with E-state index < -0.39 is 11.2 Å². The van der Waals surface area contributed by atoms with Crippen LogP contribution >= 0.6 is 11.3 Å². The highest BCUT2D eigenvalue weighted by molar-refractivity contribution is 7.90. The molecule has 38 heavy (non-hydrogen) atoms. The first-order valence-corrected chi connectivity index (χ1v) is 15.6. The van der Waals surface area contributed by atoms with Crippen molar-refractivity contribution in [3.05, 3.63) is 46.1 Å². The lowest BCUT2D eigenvalue weighted by Gasteiger charge is -2.25. The van der Waals surface area contributed by atoms with Crippen molar-refractivity contribution in [3.8, 4) is 0 Å². The third-order valence-electron chi connectivity index (χ3n) is 7.70. The maximum Gasteiger partial charge on any atom is 0.254 e. The quantitative estimate of drug-likeness (QED) is 0.339. The maximum absolute atomic E-state index is 13.4. The predicted molar refractivity (Wildman–Crippen MR) is 149 cm³/mol. The monoisotopic (exact) mass is 552 g/mol. The van der Waals surface area contributed by atoms with Crippen molar-refractivity contribution in [1.29, 1.82) is 0 Å². The Labute approximate surface area is 229 Å². The summed E-state index contributed by atoms with van der Waals surface area (Å²) < 4.78 is 14.2. The average Bonchev–Trinajstić information content (AvgIpc) is 3.82. The summed E-state index contributed by atoms with van der Waals surface area (Å²) in [6, 6.07) is 5.75. The second kappa shape index (κ2) is 10.3. The van der Waals surface area contributed by atoms with E-state index in [4.69, 9.17) is 0 Å². The van der Waals surface area contributed by atoms with Crippen molar-refractivity contribution in [2.75, 3.05) is 23.4 Å². The predicted octanol–water partition coefficient (Wildman–Crippen LogP) is 4.35. The molecule has 1 aromatic carbocycles. The van der Waals surface area contributed by atoms with Gasteiger partial charge < -0.3 is 20.5 Å². The number of carbonyl (C=O) groups is 2. The lowest BCUT2D eigenvalue weighted by Crippen LogP contribution is -2.28. The van der Waals surface area contributed by atoms with Crippen LogP contribution in [0.1, 0.15) is 64.5 Å². The molecule has 11 heteroatoms. The number of nitrogens with one attached hydrogen (secondary N) is 3. The van der Waals surface area contributed by atoms with Crippen LogP contribution in [0, 0.1) is 18.8 Å². The van der Waals surface area contributed by atoms with Gasteiger partial charge in [0.1, 0.15) is 17.6 Å². The van der Waals surface area contributed by atoms with Gasteiger partial charge in [-0.3, -0.25) is 14.2 Å². The third-order valence-corrected chi connectivity index (χ3v) is 9.97. The molecule has 0 aliphatic heterocycles. The molecule has 9 nitrogen and oxygen atoms in total. The number of hydrogen-bond acceptors (Lipinski definition) is 7. The Morgan fingerprint density at radius 1 is 1.21 bits per heavy atom. The van der Waals surface area contributed by atoms with E-state index >= 15 is 0 Å². The molecule has 0 bridgehead atoms. The third kappa shape index (κ3) is 5.19. The van der Waals surface area contributed by atoms with Crippen LogP contribution in [-0.4, -0.2) is 43.9 Å². The zero-order chi connectivity index (χ0) is 26.4. The molecule has 0 saturated heterocycles. The molecule has 3 aliphatic rings. The second-order valence-corrected chi connectivity index (χ2v) is 13.0. The summed E-state index contributed by atoms with van der Waals surface area (Å²) in [5.74, 6) is 1.18. The molecule has 2 saturated carbocycles. The molecule has 3 aromatic rings. The lowest BCUT2D eigenvalue weighted by atomic mass is 9.91. The zero-order valence-corrected chi connectivity index (χ0v) is 23.2. The lowest BCUT2D eigenvalue weighted by molar-refractivity contribution is -0.117. The number of anilines is 3. The van der Waals surface area contributed by atoms with Crippen LogP contribution in [0.3, 0.4) is 0 Å². The fourth-order valence-electron chi connectivity index (χ4n) is 5.12. The molecule has 0 spiro atoms. The van der Waals surface area contributed by atoms with Gasteiger partial charge in [-0.2, -0.15) is 0 Å². The van der Waals surface area contributed by atoms with Crippen LogP contribution in [-0.2, 0) is 28.8 Å². The molecular weight excluding hydrogens is 520 g/mol. The number of fused-ring (bicyclic) bond motifs is 1. The van der Waals surface area contributed by atoms with E-state index in [-0.39, 0.29) is 23.8 Å². The minimum atomic E-state index is -1.09. The molecule has 3 N–H and O–H groups in total. The summed E-state index contributed by atoms with van der Waals surface area (Å²) in [5, 5.41) is 18.8. The van der Waals surface area contributed by atoms with Gasteiger partial charge in [-0.15, -0.1) is 21.5 Å². The highest BCUT2D eigenvalue weighted by atomic mass is 32.2.